The summed E-state index contributed by atoms with van der Waals surface area (Å²) >= 11 is 17.9. The molecule has 0 atom stereocenters. The molecule has 1 heterocycles. The molecule has 3 aromatic rings. The van der Waals surface area contributed by atoms with Gasteiger partial charge in [-0.3, -0.25) is 4.98 Å². The first-order valence-electron chi connectivity index (χ1n) is 9.60. The molecule has 9 heteroatoms. The van der Waals surface area contributed by atoms with Crippen LogP contribution in [0.25, 0.3) is 10.9 Å². The largest absolute Gasteiger partial charge is 0.382 e. The molecule has 0 aliphatic heterocycles. The van der Waals surface area contributed by atoms with Crippen LogP contribution in [0, 0.1) is 0 Å². The second-order valence-electron chi connectivity index (χ2n) is 7.41. The van der Waals surface area contributed by atoms with Crippen LogP contribution >= 0.6 is 34.8 Å². The number of fused-ring (bicyclic) bond motifs is 1. The van der Waals surface area contributed by atoms with Crippen molar-refractivity contribution in [2.45, 2.75) is 42.7 Å². The number of pyridine rings is 1. The Morgan fingerprint density at radius 3 is 2.33 bits per heavy atom. The number of hydrogen-bond donors (Lipinski definition) is 2. The lowest BCUT2D eigenvalue weighted by Crippen LogP contribution is -2.40. The van der Waals surface area contributed by atoms with Gasteiger partial charge in [0.1, 0.15) is 0 Å². The monoisotopic (exact) mass is 483 g/mol. The molecule has 1 saturated carbocycles. The average Bonchev–Trinajstić information content (AvgIpc) is 2.71. The SMILES string of the molecule is O=S(=O)(N[C@H]1CC[C@@H](Nc2ccnc3cc(Cl)ccc23)CC1)c1ccc(Cl)c(Cl)c1. The molecular weight excluding hydrogens is 465 g/mol. The molecule has 0 bridgehead atoms. The van der Waals surface area contributed by atoms with Crippen molar-refractivity contribution in [2.24, 2.45) is 0 Å². The van der Waals surface area contributed by atoms with Gasteiger partial charge in [-0.05, 0) is 68.1 Å². The molecule has 2 aromatic carbocycles. The van der Waals surface area contributed by atoms with Crippen molar-refractivity contribution >= 4 is 61.4 Å². The van der Waals surface area contributed by atoms with Crippen molar-refractivity contribution in [2.75, 3.05) is 5.32 Å². The van der Waals surface area contributed by atoms with Crippen LogP contribution in [0.15, 0.2) is 53.6 Å². The summed E-state index contributed by atoms with van der Waals surface area (Å²) in [6.07, 6.45) is 4.95. The maximum Gasteiger partial charge on any atom is 0.240 e. The summed E-state index contributed by atoms with van der Waals surface area (Å²) < 4.78 is 28.1. The number of aromatic nitrogens is 1. The number of nitrogens with one attached hydrogen (secondary N) is 2. The molecule has 0 radical (unpaired) electrons. The molecule has 0 saturated heterocycles. The lowest BCUT2D eigenvalue weighted by molar-refractivity contribution is 0.387. The van der Waals surface area contributed by atoms with Gasteiger partial charge >= 0.3 is 0 Å². The van der Waals surface area contributed by atoms with Crippen molar-refractivity contribution in [3.05, 3.63) is 63.7 Å². The minimum atomic E-state index is -3.64. The van der Waals surface area contributed by atoms with Crippen LogP contribution in [0.5, 0.6) is 0 Å². The molecule has 158 valence electrons. The fourth-order valence-corrected chi connectivity index (χ4v) is 5.61. The van der Waals surface area contributed by atoms with E-state index in [-0.39, 0.29) is 22.0 Å². The van der Waals surface area contributed by atoms with Crippen LogP contribution in [0.2, 0.25) is 15.1 Å². The Bertz CT molecular complexity index is 1180. The summed E-state index contributed by atoms with van der Waals surface area (Å²) in [5.74, 6) is 0. The average molecular weight is 485 g/mol. The smallest absolute Gasteiger partial charge is 0.240 e. The third-order valence-corrected chi connectivity index (χ3v) is 7.81. The topological polar surface area (TPSA) is 71.1 Å². The molecule has 2 N–H and O–H groups in total. The predicted octanol–water partition coefficient (Wildman–Crippen LogP) is 5.90. The summed E-state index contributed by atoms with van der Waals surface area (Å²) in [5, 5.41) is 5.80. The normalized spacial score (nSPS) is 19.7. The van der Waals surface area contributed by atoms with Gasteiger partial charge < -0.3 is 5.32 Å². The van der Waals surface area contributed by atoms with Crippen molar-refractivity contribution in [1.29, 1.82) is 0 Å². The number of nitrogens with zero attached hydrogens (tertiary/aromatic N) is 1. The first kappa shape index (κ1) is 21.7. The van der Waals surface area contributed by atoms with E-state index in [9.17, 15) is 8.42 Å². The van der Waals surface area contributed by atoms with Gasteiger partial charge in [0, 0.05) is 34.4 Å². The Kier molecular flexibility index (Phi) is 6.42. The zero-order valence-corrected chi connectivity index (χ0v) is 19.0. The number of sulfonamides is 1. The van der Waals surface area contributed by atoms with E-state index in [4.69, 9.17) is 34.8 Å². The van der Waals surface area contributed by atoms with Gasteiger partial charge in [-0.25, -0.2) is 13.1 Å². The Morgan fingerprint density at radius 1 is 0.867 bits per heavy atom. The summed E-state index contributed by atoms with van der Waals surface area (Å²) in [6.45, 7) is 0. The predicted molar refractivity (Wildman–Crippen MR) is 123 cm³/mol. The molecule has 5 nitrogen and oxygen atoms in total. The van der Waals surface area contributed by atoms with Crippen LogP contribution in [0.1, 0.15) is 25.7 Å². The van der Waals surface area contributed by atoms with E-state index in [2.05, 4.69) is 15.0 Å². The lowest BCUT2D eigenvalue weighted by Gasteiger charge is -2.30. The molecule has 1 aliphatic rings. The third-order valence-electron chi connectivity index (χ3n) is 5.31. The first-order valence-corrected chi connectivity index (χ1v) is 12.2. The van der Waals surface area contributed by atoms with Crippen LogP contribution in [0.4, 0.5) is 5.69 Å². The van der Waals surface area contributed by atoms with Crippen molar-refractivity contribution in [3.63, 3.8) is 0 Å². The maximum absolute atomic E-state index is 12.7. The molecule has 0 unspecified atom stereocenters. The van der Waals surface area contributed by atoms with Crippen LogP contribution in [-0.4, -0.2) is 25.5 Å². The van der Waals surface area contributed by atoms with E-state index in [1.807, 2.05) is 24.3 Å². The fraction of sp³-hybridized carbons (Fsp3) is 0.286. The van der Waals surface area contributed by atoms with Gasteiger partial charge in [-0.15, -0.1) is 0 Å². The zero-order chi connectivity index (χ0) is 21.3. The van der Waals surface area contributed by atoms with Gasteiger partial charge in [0.05, 0.1) is 20.5 Å². The highest BCUT2D eigenvalue weighted by Crippen LogP contribution is 2.29. The highest BCUT2D eigenvalue weighted by Gasteiger charge is 2.26. The van der Waals surface area contributed by atoms with E-state index in [0.29, 0.717) is 10.0 Å². The Hall–Kier alpha value is -1.57. The third kappa shape index (κ3) is 4.84. The van der Waals surface area contributed by atoms with Crippen molar-refractivity contribution in [3.8, 4) is 0 Å². The molecule has 4 rings (SSSR count). The fourth-order valence-electron chi connectivity index (χ4n) is 3.75. The molecular formula is C21H20Cl3N3O2S. The number of hydrogen-bond acceptors (Lipinski definition) is 4. The first-order chi connectivity index (χ1) is 14.3. The van der Waals surface area contributed by atoms with E-state index in [1.54, 1.807) is 6.20 Å². The van der Waals surface area contributed by atoms with Crippen molar-refractivity contribution < 1.29 is 8.42 Å². The minimum absolute atomic E-state index is 0.115. The van der Waals surface area contributed by atoms with Gasteiger partial charge in [-0.2, -0.15) is 0 Å². The quantitative estimate of drug-likeness (QED) is 0.473. The van der Waals surface area contributed by atoms with Gasteiger partial charge in [0.25, 0.3) is 0 Å². The van der Waals surface area contributed by atoms with Crippen LogP contribution in [-0.2, 0) is 10.0 Å². The second-order valence-corrected chi connectivity index (χ2v) is 10.4. The molecule has 0 amide bonds. The molecule has 0 spiro atoms. The Morgan fingerprint density at radius 2 is 1.60 bits per heavy atom. The van der Waals surface area contributed by atoms with Gasteiger partial charge in [0.2, 0.25) is 10.0 Å². The standard InChI is InChI=1S/C21H20Cl3N3O2S/c22-13-1-7-17-20(9-10-25-21(17)11-13)26-14-2-4-15(5-3-14)27-30(28,29)16-6-8-18(23)19(24)12-16/h1,6-12,14-15,27H,2-5H2,(H,25,26)/t14-,15+. The van der Waals surface area contributed by atoms with E-state index in [1.165, 1.54) is 18.2 Å². The lowest BCUT2D eigenvalue weighted by atomic mass is 9.91. The van der Waals surface area contributed by atoms with Crippen LogP contribution in [0.3, 0.4) is 0 Å². The molecule has 1 fully saturated rings. The molecule has 30 heavy (non-hydrogen) atoms. The Balaban J connectivity index is 1.39. The summed E-state index contributed by atoms with van der Waals surface area (Å²) in [6, 6.07) is 12.1. The van der Waals surface area contributed by atoms with E-state index < -0.39 is 10.0 Å². The number of rotatable bonds is 5. The highest BCUT2D eigenvalue weighted by molar-refractivity contribution is 7.89. The summed E-state index contributed by atoms with van der Waals surface area (Å²) in [5.41, 5.74) is 1.85. The molecule has 1 aliphatic carbocycles. The summed E-state index contributed by atoms with van der Waals surface area (Å²) in [7, 11) is -3.64. The number of anilines is 1. The highest BCUT2D eigenvalue weighted by atomic mass is 35.5. The van der Waals surface area contributed by atoms with Gasteiger partial charge in [-0.1, -0.05) is 34.8 Å². The number of halogens is 3. The van der Waals surface area contributed by atoms with Crippen LogP contribution < -0.4 is 10.0 Å². The minimum Gasteiger partial charge on any atom is -0.382 e. The van der Waals surface area contributed by atoms with E-state index >= 15 is 0 Å². The van der Waals surface area contributed by atoms with E-state index in [0.717, 1.165) is 42.3 Å². The van der Waals surface area contributed by atoms with Gasteiger partial charge in [0.15, 0.2) is 0 Å². The Labute approximate surface area is 190 Å². The second kappa shape index (κ2) is 8.89. The number of benzene rings is 2. The zero-order valence-electron chi connectivity index (χ0n) is 15.9. The van der Waals surface area contributed by atoms with Crippen molar-refractivity contribution in [1.82, 2.24) is 9.71 Å². The molecule has 1 aromatic heterocycles. The summed E-state index contributed by atoms with van der Waals surface area (Å²) in [4.78, 5) is 4.49. The maximum atomic E-state index is 12.7.